The van der Waals surface area contributed by atoms with Crippen molar-refractivity contribution in [3.05, 3.63) is 46.9 Å². The van der Waals surface area contributed by atoms with Crippen LogP contribution in [0.3, 0.4) is 0 Å². The Hall–Kier alpha value is -1.74. The number of likely N-dealkylation sites (N-methyl/N-ethyl adjacent to an activating group) is 1. The average Bonchev–Trinajstić information content (AvgIpc) is 2.60. The maximum absolute atomic E-state index is 12.7. The van der Waals surface area contributed by atoms with E-state index in [1.54, 1.807) is 22.5 Å². The van der Waals surface area contributed by atoms with Crippen molar-refractivity contribution in [2.75, 3.05) is 38.5 Å². The van der Waals surface area contributed by atoms with Crippen LogP contribution in [0.4, 0.5) is 5.82 Å². The van der Waals surface area contributed by atoms with E-state index in [1.807, 2.05) is 26.1 Å². The Morgan fingerprint density at radius 3 is 2.38 bits per heavy atom. The van der Waals surface area contributed by atoms with Gasteiger partial charge in [-0.2, -0.15) is 4.31 Å². The lowest BCUT2D eigenvalue weighted by Gasteiger charge is -2.31. The maximum Gasteiger partial charge on any atom is 0.243 e. The zero-order chi connectivity index (χ0) is 18.7. The van der Waals surface area contributed by atoms with Gasteiger partial charge in [-0.05, 0) is 43.3 Å². The summed E-state index contributed by atoms with van der Waals surface area (Å²) in [4.78, 5) is 10.6. The van der Waals surface area contributed by atoms with Crippen LogP contribution < -0.4 is 5.32 Å². The van der Waals surface area contributed by atoms with Crippen LogP contribution in [0.1, 0.15) is 11.3 Å². The average molecular weight is 396 g/mol. The molecule has 0 bridgehead atoms. The molecule has 0 spiro atoms. The third-order valence-corrected chi connectivity index (χ3v) is 6.41. The predicted molar refractivity (Wildman–Crippen MR) is 102 cm³/mol. The SMILES string of the molecule is Cc1cc(NCc2ccc(S(=O)(=O)N3CCN(C)CC3)cc2)nc(Cl)n1. The zero-order valence-corrected chi connectivity index (χ0v) is 16.4. The molecule has 2 aromatic rings. The van der Waals surface area contributed by atoms with Crippen molar-refractivity contribution >= 4 is 27.4 Å². The second kappa shape index (κ2) is 7.87. The summed E-state index contributed by atoms with van der Waals surface area (Å²) in [7, 11) is -1.43. The first kappa shape index (κ1) is 19.0. The molecule has 0 atom stereocenters. The molecule has 9 heteroatoms. The molecule has 1 aliphatic rings. The first-order valence-electron chi connectivity index (χ1n) is 8.37. The van der Waals surface area contributed by atoms with Crippen LogP contribution in [-0.2, 0) is 16.6 Å². The second-order valence-corrected chi connectivity index (χ2v) is 8.64. The Kier molecular flexibility index (Phi) is 5.76. The highest BCUT2D eigenvalue weighted by Gasteiger charge is 2.27. The highest BCUT2D eigenvalue weighted by Crippen LogP contribution is 2.19. The topological polar surface area (TPSA) is 78.4 Å². The summed E-state index contributed by atoms with van der Waals surface area (Å²) in [5, 5.41) is 3.36. The molecule has 0 radical (unpaired) electrons. The summed E-state index contributed by atoms with van der Waals surface area (Å²) in [6.45, 7) is 4.91. The lowest BCUT2D eigenvalue weighted by atomic mass is 10.2. The minimum atomic E-state index is -3.43. The lowest BCUT2D eigenvalue weighted by Crippen LogP contribution is -2.46. The van der Waals surface area contributed by atoms with Gasteiger partial charge in [0.25, 0.3) is 0 Å². The maximum atomic E-state index is 12.7. The quantitative estimate of drug-likeness (QED) is 0.780. The molecule has 3 rings (SSSR count). The highest BCUT2D eigenvalue weighted by atomic mass is 35.5. The largest absolute Gasteiger partial charge is 0.366 e. The number of hydrogen-bond donors (Lipinski definition) is 1. The fourth-order valence-electron chi connectivity index (χ4n) is 2.77. The van der Waals surface area contributed by atoms with E-state index in [-0.39, 0.29) is 5.28 Å². The van der Waals surface area contributed by atoms with E-state index < -0.39 is 10.0 Å². The summed E-state index contributed by atoms with van der Waals surface area (Å²) in [6, 6.07) is 8.74. The van der Waals surface area contributed by atoms with Gasteiger partial charge in [0.1, 0.15) is 5.82 Å². The number of benzene rings is 1. The fourth-order valence-corrected chi connectivity index (χ4v) is 4.42. The summed E-state index contributed by atoms with van der Waals surface area (Å²) in [5.74, 6) is 0.636. The number of rotatable bonds is 5. The molecule has 26 heavy (non-hydrogen) atoms. The normalized spacial score (nSPS) is 16.6. The molecule has 1 saturated heterocycles. The Bertz CT molecular complexity index is 845. The van der Waals surface area contributed by atoms with Gasteiger partial charge in [0.2, 0.25) is 15.3 Å². The van der Waals surface area contributed by atoms with E-state index in [9.17, 15) is 8.42 Å². The van der Waals surface area contributed by atoms with E-state index in [4.69, 9.17) is 11.6 Å². The van der Waals surface area contributed by atoms with E-state index in [0.29, 0.717) is 30.3 Å². The van der Waals surface area contributed by atoms with Crippen LogP contribution in [0.25, 0.3) is 0 Å². The molecule has 1 aromatic heterocycles. The Balaban J connectivity index is 1.66. The molecular weight excluding hydrogens is 374 g/mol. The number of piperazine rings is 1. The fraction of sp³-hybridized carbons (Fsp3) is 0.412. The number of aromatic nitrogens is 2. The third kappa shape index (κ3) is 4.50. The summed E-state index contributed by atoms with van der Waals surface area (Å²) >= 11 is 5.85. The number of anilines is 1. The van der Waals surface area contributed by atoms with Crippen molar-refractivity contribution in [3.8, 4) is 0 Å². The minimum absolute atomic E-state index is 0.195. The Morgan fingerprint density at radius 2 is 1.77 bits per heavy atom. The number of hydrogen-bond acceptors (Lipinski definition) is 6. The first-order valence-corrected chi connectivity index (χ1v) is 10.2. The molecular formula is C17H22ClN5O2S. The molecule has 140 valence electrons. The van der Waals surface area contributed by atoms with Gasteiger partial charge in [-0.3, -0.25) is 0 Å². The van der Waals surface area contributed by atoms with Crippen molar-refractivity contribution in [2.45, 2.75) is 18.4 Å². The number of sulfonamides is 1. The van der Waals surface area contributed by atoms with Gasteiger partial charge >= 0.3 is 0 Å². The monoisotopic (exact) mass is 395 g/mol. The predicted octanol–water partition coefficient (Wildman–Crippen LogP) is 1.99. The van der Waals surface area contributed by atoms with Crippen LogP contribution in [0.5, 0.6) is 0 Å². The number of nitrogens with zero attached hydrogens (tertiary/aromatic N) is 4. The molecule has 7 nitrogen and oxygen atoms in total. The molecule has 1 aromatic carbocycles. The van der Waals surface area contributed by atoms with E-state index in [1.165, 1.54) is 0 Å². The number of nitrogens with one attached hydrogen (secondary N) is 1. The van der Waals surface area contributed by atoms with Crippen molar-refractivity contribution < 1.29 is 8.42 Å². The van der Waals surface area contributed by atoms with Crippen molar-refractivity contribution in [1.29, 1.82) is 0 Å². The number of aryl methyl sites for hydroxylation is 1. The molecule has 0 saturated carbocycles. The highest BCUT2D eigenvalue weighted by molar-refractivity contribution is 7.89. The second-order valence-electron chi connectivity index (χ2n) is 6.37. The number of halogens is 1. The summed E-state index contributed by atoms with van der Waals surface area (Å²) in [6.07, 6.45) is 0. The zero-order valence-electron chi connectivity index (χ0n) is 14.8. The van der Waals surface area contributed by atoms with Crippen LogP contribution >= 0.6 is 11.6 Å². The molecule has 0 unspecified atom stereocenters. The Morgan fingerprint density at radius 1 is 1.12 bits per heavy atom. The van der Waals surface area contributed by atoms with Gasteiger partial charge in [-0.15, -0.1) is 0 Å². The van der Waals surface area contributed by atoms with Gasteiger partial charge in [0.15, 0.2) is 0 Å². The van der Waals surface area contributed by atoms with Crippen LogP contribution in [0.15, 0.2) is 35.2 Å². The Labute approximate surface area is 159 Å². The van der Waals surface area contributed by atoms with E-state index in [0.717, 1.165) is 24.3 Å². The third-order valence-electron chi connectivity index (χ3n) is 4.32. The van der Waals surface area contributed by atoms with Crippen molar-refractivity contribution in [1.82, 2.24) is 19.2 Å². The molecule has 2 heterocycles. The molecule has 1 N–H and O–H groups in total. The lowest BCUT2D eigenvalue weighted by molar-refractivity contribution is 0.222. The van der Waals surface area contributed by atoms with Gasteiger partial charge in [0, 0.05) is 44.5 Å². The van der Waals surface area contributed by atoms with Gasteiger partial charge < -0.3 is 10.2 Å². The molecule has 1 fully saturated rings. The van der Waals surface area contributed by atoms with E-state index in [2.05, 4.69) is 20.2 Å². The van der Waals surface area contributed by atoms with Gasteiger partial charge in [-0.25, -0.2) is 18.4 Å². The van der Waals surface area contributed by atoms with Gasteiger partial charge in [-0.1, -0.05) is 12.1 Å². The first-order chi connectivity index (χ1) is 12.3. The van der Waals surface area contributed by atoms with Crippen molar-refractivity contribution in [3.63, 3.8) is 0 Å². The smallest absolute Gasteiger partial charge is 0.243 e. The standard InChI is InChI=1S/C17H22ClN5O2S/c1-13-11-16(21-17(18)20-13)19-12-14-3-5-15(6-4-14)26(24,25)23-9-7-22(2)8-10-23/h3-6,11H,7-10,12H2,1-2H3,(H,19,20,21). The van der Waals surface area contributed by atoms with Crippen LogP contribution in [0, 0.1) is 6.92 Å². The van der Waals surface area contributed by atoms with Crippen LogP contribution in [0.2, 0.25) is 5.28 Å². The van der Waals surface area contributed by atoms with Gasteiger partial charge in [0.05, 0.1) is 4.90 Å². The molecule has 0 amide bonds. The molecule has 1 aliphatic heterocycles. The van der Waals surface area contributed by atoms with Crippen molar-refractivity contribution in [2.24, 2.45) is 0 Å². The minimum Gasteiger partial charge on any atom is -0.366 e. The summed E-state index contributed by atoms with van der Waals surface area (Å²) < 4.78 is 27.0. The van der Waals surface area contributed by atoms with Crippen LogP contribution in [-0.4, -0.2) is 60.8 Å². The van der Waals surface area contributed by atoms with E-state index >= 15 is 0 Å². The summed E-state index contributed by atoms with van der Waals surface area (Å²) in [5.41, 5.74) is 1.73. The molecule has 0 aliphatic carbocycles.